The summed E-state index contributed by atoms with van der Waals surface area (Å²) in [5.41, 5.74) is 6.52. The Kier molecular flexibility index (Phi) is 4.97. The summed E-state index contributed by atoms with van der Waals surface area (Å²) in [6.45, 7) is 6.19. The van der Waals surface area contributed by atoms with Crippen LogP contribution in [-0.4, -0.2) is 18.6 Å². The fraction of sp³-hybridized carbons (Fsp3) is 0.462. The Labute approximate surface area is 102 Å². The number of hydrogen-bond donors (Lipinski definition) is 2. The Balaban J connectivity index is 2.63. The number of amides is 1. The molecular formula is C13H20N2O2. The van der Waals surface area contributed by atoms with E-state index >= 15 is 0 Å². The summed E-state index contributed by atoms with van der Waals surface area (Å²) in [5, 5.41) is 2.84. The van der Waals surface area contributed by atoms with Crippen molar-refractivity contribution in [1.29, 1.82) is 0 Å². The molecule has 0 aliphatic rings. The van der Waals surface area contributed by atoms with Crippen LogP contribution in [0.25, 0.3) is 0 Å². The average Bonchev–Trinajstić information content (AvgIpc) is 2.30. The quantitative estimate of drug-likeness (QED) is 0.816. The first-order valence-corrected chi connectivity index (χ1v) is 5.83. The van der Waals surface area contributed by atoms with Gasteiger partial charge in [0.25, 0.3) is 0 Å². The fourth-order valence-corrected chi connectivity index (χ4v) is 1.45. The third-order valence-corrected chi connectivity index (χ3v) is 2.46. The fourth-order valence-electron chi connectivity index (χ4n) is 1.45. The highest BCUT2D eigenvalue weighted by Gasteiger charge is 2.12. The number of nitrogens with one attached hydrogen (secondary N) is 1. The van der Waals surface area contributed by atoms with E-state index in [-0.39, 0.29) is 11.9 Å². The van der Waals surface area contributed by atoms with Crippen molar-refractivity contribution in [2.24, 2.45) is 5.73 Å². The minimum Gasteiger partial charge on any atom is -0.494 e. The first kappa shape index (κ1) is 13.5. The van der Waals surface area contributed by atoms with Gasteiger partial charge in [-0.15, -0.1) is 0 Å². The van der Waals surface area contributed by atoms with E-state index < -0.39 is 6.04 Å². The van der Waals surface area contributed by atoms with E-state index in [2.05, 4.69) is 5.32 Å². The first-order valence-electron chi connectivity index (χ1n) is 5.83. The van der Waals surface area contributed by atoms with Crippen LogP contribution < -0.4 is 15.8 Å². The molecule has 0 saturated carbocycles. The molecule has 1 aromatic carbocycles. The second-order valence-electron chi connectivity index (χ2n) is 4.02. The summed E-state index contributed by atoms with van der Waals surface area (Å²) in [6.07, 6.45) is 0. The van der Waals surface area contributed by atoms with Crippen LogP contribution in [0.1, 0.15) is 32.4 Å². The smallest absolute Gasteiger partial charge is 0.237 e. The molecule has 0 aliphatic heterocycles. The highest BCUT2D eigenvalue weighted by atomic mass is 16.5. The Morgan fingerprint density at radius 2 is 1.94 bits per heavy atom. The highest BCUT2D eigenvalue weighted by Crippen LogP contribution is 2.17. The predicted molar refractivity (Wildman–Crippen MR) is 67.8 cm³/mol. The van der Waals surface area contributed by atoms with Gasteiger partial charge in [0.2, 0.25) is 5.91 Å². The average molecular weight is 236 g/mol. The normalized spacial score (nSPS) is 13.9. The maximum atomic E-state index is 11.4. The maximum Gasteiger partial charge on any atom is 0.237 e. The highest BCUT2D eigenvalue weighted by molar-refractivity contribution is 5.81. The lowest BCUT2D eigenvalue weighted by molar-refractivity contribution is -0.122. The van der Waals surface area contributed by atoms with Gasteiger partial charge in [-0.3, -0.25) is 4.79 Å². The van der Waals surface area contributed by atoms with E-state index in [0.717, 1.165) is 11.3 Å². The molecule has 0 heterocycles. The summed E-state index contributed by atoms with van der Waals surface area (Å²) < 4.78 is 5.35. The molecular weight excluding hydrogens is 216 g/mol. The van der Waals surface area contributed by atoms with Crippen LogP contribution >= 0.6 is 0 Å². The number of ether oxygens (including phenoxy) is 1. The van der Waals surface area contributed by atoms with E-state index in [1.54, 1.807) is 6.92 Å². The van der Waals surface area contributed by atoms with Gasteiger partial charge >= 0.3 is 0 Å². The maximum absolute atomic E-state index is 11.4. The molecule has 0 bridgehead atoms. The van der Waals surface area contributed by atoms with Crippen molar-refractivity contribution in [2.75, 3.05) is 6.61 Å². The lowest BCUT2D eigenvalue weighted by Crippen LogP contribution is -2.39. The molecule has 1 aromatic rings. The number of carbonyl (C=O) groups is 1. The van der Waals surface area contributed by atoms with Gasteiger partial charge in [0.1, 0.15) is 5.75 Å². The third kappa shape index (κ3) is 4.07. The summed E-state index contributed by atoms with van der Waals surface area (Å²) >= 11 is 0. The zero-order valence-corrected chi connectivity index (χ0v) is 10.6. The summed E-state index contributed by atoms with van der Waals surface area (Å²) in [4.78, 5) is 11.4. The van der Waals surface area contributed by atoms with Crippen molar-refractivity contribution in [3.63, 3.8) is 0 Å². The molecule has 0 fully saturated rings. The first-order chi connectivity index (χ1) is 8.04. The van der Waals surface area contributed by atoms with Gasteiger partial charge in [0, 0.05) is 0 Å². The molecule has 0 radical (unpaired) electrons. The van der Waals surface area contributed by atoms with E-state index in [1.165, 1.54) is 0 Å². The molecule has 1 amide bonds. The Morgan fingerprint density at radius 1 is 1.35 bits per heavy atom. The van der Waals surface area contributed by atoms with E-state index in [1.807, 2.05) is 38.1 Å². The number of nitrogens with two attached hydrogens (primary N) is 1. The Bertz CT molecular complexity index is 360. The van der Waals surface area contributed by atoms with Crippen LogP contribution in [0.15, 0.2) is 24.3 Å². The second-order valence-corrected chi connectivity index (χ2v) is 4.02. The van der Waals surface area contributed by atoms with Crippen molar-refractivity contribution in [1.82, 2.24) is 5.32 Å². The Hall–Kier alpha value is -1.55. The Morgan fingerprint density at radius 3 is 2.41 bits per heavy atom. The molecule has 0 aromatic heterocycles. The van der Waals surface area contributed by atoms with Gasteiger partial charge in [-0.25, -0.2) is 0 Å². The van der Waals surface area contributed by atoms with Crippen molar-refractivity contribution < 1.29 is 9.53 Å². The topological polar surface area (TPSA) is 64.3 Å². The van der Waals surface area contributed by atoms with Gasteiger partial charge in [-0.05, 0) is 38.5 Å². The molecule has 0 aliphatic carbocycles. The molecule has 94 valence electrons. The molecule has 2 atom stereocenters. The molecule has 0 spiro atoms. The van der Waals surface area contributed by atoms with Gasteiger partial charge in [0.15, 0.2) is 0 Å². The van der Waals surface area contributed by atoms with Crippen molar-refractivity contribution in [3.8, 4) is 5.75 Å². The molecule has 4 heteroatoms. The molecule has 0 saturated heterocycles. The van der Waals surface area contributed by atoms with Crippen LogP contribution in [0.3, 0.4) is 0 Å². The van der Waals surface area contributed by atoms with Crippen LogP contribution in [0, 0.1) is 0 Å². The van der Waals surface area contributed by atoms with Crippen LogP contribution in [-0.2, 0) is 4.79 Å². The van der Waals surface area contributed by atoms with Gasteiger partial charge in [0.05, 0.1) is 18.7 Å². The third-order valence-electron chi connectivity index (χ3n) is 2.46. The summed E-state index contributed by atoms with van der Waals surface area (Å²) in [5.74, 6) is 0.688. The molecule has 1 unspecified atom stereocenters. The second kappa shape index (κ2) is 6.25. The van der Waals surface area contributed by atoms with Crippen LogP contribution in [0.2, 0.25) is 0 Å². The molecule has 17 heavy (non-hydrogen) atoms. The van der Waals surface area contributed by atoms with E-state index in [0.29, 0.717) is 6.61 Å². The minimum atomic E-state index is -0.486. The number of benzene rings is 1. The number of carbonyl (C=O) groups excluding carboxylic acids is 1. The van der Waals surface area contributed by atoms with Gasteiger partial charge < -0.3 is 15.8 Å². The lowest BCUT2D eigenvalue weighted by Gasteiger charge is -2.16. The number of rotatable bonds is 5. The van der Waals surface area contributed by atoms with Crippen LogP contribution in [0.5, 0.6) is 5.75 Å². The lowest BCUT2D eigenvalue weighted by atomic mass is 10.1. The molecule has 4 nitrogen and oxygen atoms in total. The van der Waals surface area contributed by atoms with Crippen molar-refractivity contribution >= 4 is 5.91 Å². The summed E-state index contributed by atoms with van der Waals surface area (Å²) in [6, 6.07) is 7.14. The summed E-state index contributed by atoms with van der Waals surface area (Å²) in [7, 11) is 0. The monoisotopic (exact) mass is 236 g/mol. The zero-order chi connectivity index (χ0) is 12.8. The molecule has 1 rings (SSSR count). The van der Waals surface area contributed by atoms with Gasteiger partial charge in [-0.1, -0.05) is 12.1 Å². The van der Waals surface area contributed by atoms with E-state index in [4.69, 9.17) is 10.5 Å². The van der Waals surface area contributed by atoms with Crippen molar-refractivity contribution in [2.45, 2.75) is 32.9 Å². The zero-order valence-electron chi connectivity index (χ0n) is 10.6. The van der Waals surface area contributed by atoms with E-state index in [9.17, 15) is 4.79 Å². The standard InChI is InChI=1S/C13H20N2O2/c1-4-17-12-7-5-11(6-8-12)10(3)15-13(16)9(2)14/h5-10H,4,14H2,1-3H3,(H,15,16)/t9-,10?/m1/s1. The SMILES string of the molecule is CCOc1ccc(C(C)NC(=O)[C@@H](C)N)cc1. The van der Waals surface area contributed by atoms with Crippen LogP contribution in [0.4, 0.5) is 0 Å². The molecule has 3 N–H and O–H groups in total. The largest absolute Gasteiger partial charge is 0.494 e. The minimum absolute atomic E-state index is 0.0517. The number of hydrogen-bond acceptors (Lipinski definition) is 3. The predicted octanol–water partition coefficient (Wildman–Crippen LogP) is 1.61. The van der Waals surface area contributed by atoms with Gasteiger partial charge in [-0.2, -0.15) is 0 Å². The van der Waals surface area contributed by atoms with Crippen molar-refractivity contribution in [3.05, 3.63) is 29.8 Å².